The van der Waals surface area contributed by atoms with Crippen molar-refractivity contribution in [2.75, 3.05) is 19.8 Å². The molecule has 5 nitrogen and oxygen atoms in total. The molecule has 0 amide bonds. The number of ether oxygens (including phenoxy) is 3. The van der Waals surface area contributed by atoms with Crippen molar-refractivity contribution in [2.45, 2.75) is 322 Å². The van der Waals surface area contributed by atoms with Crippen LogP contribution < -0.4 is 0 Å². The van der Waals surface area contributed by atoms with E-state index in [4.69, 9.17) is 14.2 Å². The highest BCUT2D eigenvalue weighted by atomic mass is 16.6. The molecule has 0 aromatic carbocycles. The number of carbonyl (C=O) groups is 2. The molecular weight excluding hydrogens is 813 g/mol. The first-order valence-corrected chi connectivity index (χ1v) is 29.5. The van der Waals surface area contributed by atoms with E-state index in [1.54, 1.807) is 0 Å². The Kier molecular flexibility index (Phi) is 55.8. The van der Waals surface area contributed by atoms with E-state index >= 15 is 0 Å². The van der Waals surface area contributed by atoms with Crippen molar-refractivity contribution in [3.8, 4) is 0 Å². The molecule has 1 atom stereocenters. The van der Waals surface area contributed by atoms with Gasteiger partial charge in [-0.1, -0.05) is 263 Å². The third-order valence-corrected chi connectivity index (χ3v) is 13.1. The molecule has 0 fully saturated rings. The normalized spacial score (nSPS) is 12.3. The van der Waals surface area contributed by atoms with E-state index in [2.05, 4.69) is 57.2 Å². The summed E-state index contributed by atoms with van der Waals surface area (Å²) in [6.45, 7) is 7.85. The zero-order valence-electron chi connectivity index (χ0n) is 44.7. The van der Waals surface area contributed by atoms with E-state index in [9.17, 15) is 9.59 Å². The van der Waals surface area contributed by atoms with Gasteiger partial charge >= 0.3 is 11.9 Å². The molecule has 0 aromatic rings. The lowest BCUT2D eigenvalue weighted by atomic mass is 10.0. The minimum Gasteiger partial charge on any atom is -0.462 e. The van der Waals surface area contributed by atoms with Gasteiger partial charge in [0, 0.05) is 19.4 Å². The Morgan fingerprint density at radius 1 is 0.333 bits per heavy atom. The summed E-state index contributed by atoms with van der Waals surface area (Å²) in [4.78, 5) is 25.5. The first-order chi connectivity index (χ1) is 32.6. The lowest BCUT2D eigenvalue weighted by Crippen LogP contribution is -2.30. The van der Waals surface area contributed by atoms with Gasteiger partial charge < -0.3 is 14.2 Å². The SMILES string of the molecule is CCCCC/C=C\C/C=C\CCCCCCCC(=O)OC[C@@H](COCCCCCCCCCCCCCCCCCC)OC(=O)CCCCCCCCCCC/C=C\CCCCCCCC. The van der Waals surface area contributed by atoms with Crippen molar-refractivity contribution in [3.05, 3.63) is 36.5 Å². The smallest absolute Gasteiger partial charge is 0.306 e. The Balaban J connectivity index is 4.25. The third-order valence-electron chi connectivity index (χ3n) is 13.1. The monoisotopic (exact) mass is 927 g/mol. The maximum Gasteiger partial charge on any atom is 0.306 e. The first kappa shape index (κ1) is 64.1. The van der Waals surface area contributed by atoms with Crippen LogP contribution in [0.5, 0.6) is 0 Å². The third kappa shape index (κ3) is 54.7. The van der Waals surface area contributed by atoms with Gasteiger partial charge in [0.25, 0.3) is 0 Å². The summed E-state index contributed by atoms with van der Waals surface area (Å²) in [5, 5.41) is 0. The van der Waals surface area contributed by atoms with Crippen LogP contribution in [0, 0.1) is 0 Å². The minimum absolute atomic E-state index is 0.0826. The predicted octanol–water partition coefficient (Wildman–Crippen LogP) is 20.1. The van der Waals surface area contributed by atoms with Gasteiger partial charge in [-0.15, -0.1) is 0 Å². The minimum atomic E-state index is -0.539. The molecule has 0 bridgehead atoms. The molecule has 0 saturated heterocycles. The predicted molar refractivity (Wildman–Crippen MR) is 288 cm³/mol. The fraction of sp³-hybridized carbons (Fsp3) is 0.869. The Labute approximate surface area is 412 Å². The first-order valence-electron chi connectivity index (χ1n) is 29.5. The summed E-state index contributed by atoms with van der Waals surface area (Å²) >= 11 is 0. The van der Waals surface area contributed by atoms with Crippen LogP contribution in [0.15, 0.2) is 36.5 Å². The summed E-state index contributed by atoms with van der Waals surface area (Å²) in [6, 6.07) is 0. The largest absolute Gasteiger partial charge is 0.462 e. The Bertz CT molecular complexity index is 1050. The van der Waals surface area contributed by atoms with E-state index in [1.165, 1.54) is 231 Å². The highest BCUT2D eigenvalue weighted by molar-refractivity contribution is 5.70. The quantitative estimate of drug-likeness (QED) is 0.0345. The number of carbonyl (C=O) groups excluding carboxylic acids is 2. The fourth-order valence-corrected chi connectivity index (χ4v) is 8.71. The Morgan fingerprint density at radius 2 is 0.636 bits per heavy atom. The summed E-state index contributed by atoms with van der Waals surface area (Å²) < 4.78 is 17.5. The van der Waals surface area contributed by atoms with Crippen LogP contribution >= 0.6 is 0 Å². The van der Waals surface area contributed by atoms with Gasteiger partial charge in [0.1, 0.15) is 6.61 Å². The van der Waals surface area contributed by atoms with E-state index in [-0.39, 0.29) is 25.2 Å². The summed E-state index contributed by atoms with van der Waals surface area (Å²) in [6.07, 6.45) is 70.2. The average Bonchev–Trinajstić information content (AvgIpc) is 3.32. The van der Waals surface area contributed by atoms with Crippen molar-refractivity contribution in [2.24, 2.45) is 0 Å². The van der Waals surface area contributed by atoms with Gasteiger partial charge in [0.15, 0.2) is 6.10 Å². The Morgan fingerprint density at radius 3 is 1.05 bits per heavy atom. The van der Waals surface area contributed by atoms with E-state index < -0.39 is 6.10 Å². The number of hydrogen-bond donors (Lipinski definition) is 0. The molecule has 0 saturated carbocycles. The molecule has 0 aliphatic rings. The number of unbranched alkanes of at least 4 members (excludes halogenated alkanes) is 38. The fourth-order valence-electron chi connectivity index (χ4n) is 8.71. The van der Waals surface area contributed by atoms with Crippen molar-refractivity contribution < 1.29 is 23.8 Å². The molecule has 0 N–H and O–H groups in total. The molecule has 0 unspecified atom stereocenters. The molecule has 388 valence electrons. The lowest BCUT2D eigenvalue weighted by Gasteiger charge is -2.18. The van der Waals surface area contributed by atoms with Gasteiger partial charge in [0.2, 0.25) is 0 Å². The Hall–Kier alpha value is -1.88. The lowest BCUT2D eigenvalue weighted by molar-refractivity contribution is -0.163. The van der Waals surface area contributed by atoms with Gasteiger partial charge in [0.05, 0.1) is 6.61 Å². The molecular formula is C61H114O5. The topological polar surface area (TPSA) is 61.8 Å². The number of rotatable bonds is 55. The molecule has 0 spiro atoms. The number of esters is 2. The van der Waals surface area contributed by atoms with E-state index in [0.717, 1.165) is 51.4 Å². The summed E-state index contributed by atoms with van der Waals surface area (Å²) in [7, 11) is 0. The second-order valence-corrected chi connectivity index (χ2v) is 19.9. The van der Waals surface area contributed by atoms with Gasteiger partial charge in [-0.05, 0) is 77.0 Å². The molecule has 5 heteroatoms. The molecule has 0 aliphatic heterocycles. The molecule has 66 heavy (non-hydrogen) atoms. The van der Waals surface area contributed by atoms with Crippen LogP contribution in [0.25, 0.3) is 0 Å². The number of hydrogen-bond acceptors (Lipinski definition) is 5. The van der Waals surface area contributed by atoms with Gasteiger partial charge in [-0.3, -0.25) is 9.59 Å². The van der Waals surface area contributed by atoms with Crippen LogP contribution in [0.4, 0.5) is 0 Å². The molecule has 0 heterocycles. The molecule has 0 radical (unpaired) electrons. The highest BCUT2D eigenvalue weighted by Gasteiger charge is 2.17. The standard InChI is InChI=1S/C61H114O5/c1-4-7-10-13-16-19-22-25-28-30-31-32-34-37-40-43-46-49-52-55-61(63)66-59(57-64-56-53-50-47-44-41-38-35-29-26-23-20-17-14-11-8-5-2)58-65-60(62)54-51-48-45-42-39-36-33-27-24-21-18-15-12-9-6-3/h18,21,25,27-28,33,59H,4-17,19-20,22-24,26,29-32,34-58H2,1-3H3/b21-18-,28-25-,33-27-/t59-/m1/s1. The van der Waals surface area contributed by atoms with Crippen molar-refractivity contribution in [3.63, 3.8) is 0 Å². The average molecular weight is 928 g/mol. The van der Waals surface area contributed by atoms with E-state index in [1.807, 2.05) is 0 Å². The molecule has 0 aromatic heterocycles. The molecule has 0 rings (SSSR count). The van der Waals surface area contributed by atoms with Crippen LogP contribution in [0.1, 0.15) is 316 Å². The maximum absolute atomic E-state index is 12.9. The van der Waals surface area contributed by atoms with Crippen molar-refractivity contribution >= 4 is 11.9 Å². The summed E-state index contributed by atoms with van der Waals surface area (Å²) in [5.74, 6) is -0.396. The zero-order chi connectivity index (χ0) is 47.7. The summed E-state index contributed by atoms with van der Waals surface area (Å²) in [5.41, 5.74) is 0. The maximum atomic E-state index is 12.9. The molecule has 0 aliphatic carbocycles. The highest BCUT2D eigenvalue weighted by Crippen LogP contribution is 2.16. The van der Waals surface area contributed by atoms with Crippen LogP contribution in [-0.2, 0) is 23.8 Å². The zero-order valence-corrected chi connectivity index (χ0v) is 44.7. The van der Waals surface area contributed by atoms with Crippen molar-refractivity contribution in [1.82, 2.24) is 0 Å². The van der Waals surface area contributed by atoms with Crippen LogP contribution in [0.3, 0.4) is 0 Å². The number of allylic oxidation sites excluding steroid dienone is 6. The van der Waals surface area contributed by atoms with Crippen LogP contribution in [0.2, 0.25) is 0 Å². The van der Waals surface area contributed by atoms with Gasteiger partial charge in [-0.25, -0.2) is 0 Å². The van der Waals surface area contributed by atoms with E-state index in [0.29, 0.717) is 19.4 Å². The van der Waals surface area contributed by atoms with Crippen molar-refractivity contribution in [1.29, 1.82) is 0 Å². The van der Waals surface area contributed by atoms with Gasteiger partial charge in [-0.2, -0.15) is 0 Å². The second-order valence-electron chi connectivity index (χ2n) is 19.9. The van der Waals surface area contributed by atoms with Crippen LogP contribution in [-0.4, -0.2) is 37.9 Å². The second kappa shape index (κ2) is 57.4.